The van der Waals surface area contributed by atoms with E-state index in [4.69, 9.17) is 0 Å². The van der Waals surface area contributed by atoms with Gasteiger partial charge in [-0.15, -0.1) is 0 Å². The number of hydrogen-bond acceptors (Lipinski definition) is 3. The summed E-state index contributed by atoms with van der Waals surface area (Å²) >= 11 is 0. The molecule has 0 aliphatic heterocycles. The molecule has 6 nitrogen and oxygen atoms in total. The predicted molar refractivity (Wildman–Crippen MR) is 100 cm³/mol. The van der Waals surface area contributed by atoms with Crippen LogP contribution in [0, 0.1) is 0 Å². The zero-order chi connectivity index (χ0) is 16.9. The molecule has 0 fully saturated rings. The fourth-order valence-corrected chi connectivity index (χ4v) is 2.28. The van der Waals surface area contributed by atoms with Gasteiger partial charge in [0.2, 0.25) is 0 Å². The Morgan fingerprint density at radius 2 is 1.96 bits per heavy atom. The highest BCUT2D eigenvalue weighted by atomic mass is 15.3. The van der Waals surface area contributed by atoms with Crippen molar-refractivity contribution in [2.24, 2.45) is 4.99 Å². The number of benzene rings is 1. The summed E-state index contributed by atoms with van der Waals surface area (Å²) in [7, 11) is 0. The maximum Gasteiger partial charge on any atom is 0.191 e. The number of aryl methyl sites for hydroxylation is 1. The average Bonchev–Trinajstić information content (AvgIpc) is 3.12. The topological polar surface area (TPSA) is 66.3 Å². The van der Waals surface area contributed by atoms with Crippen molar-refractivity contribution in [3.05, 3.63) is 48.8 Å². The molecular formula is C18H28N6. The van der Waals surface area contributed by atoms with E-state index in [-0.39, 0.29) is 0 Å². The number of anilines is 1. The molecule has 2 aromatic rings. The Bertz CT molecular complexity index is 564. The van der Waals surface area contributed by atoms with Crippen molar-refractivity contribution < 1.29 is 0 Å². The second kappa shape index (κ2) is 11.1. The van der Waals surface area contributed by atoms with E-state index in [1.54, 1.807) is 6.20 Å². The van der Waals surface area contributed by atoms with Crippen molar-refractivity contribution in [1.82, 2.24) is 20.4 Å². The monoisotopic (exact) mass is 328 g/mol. The van der Waals surface area contributed by atoms with Crippen LogP contribution in [0.2, 0.25) is 0 Å². The highest BCUT2D eigenvalue weighted by molar-refractivity contribution is 5.79. The number of nitrogens with zero attached hydrogens (tertiary/aromatic N) is 3. The van der Waals surface area contributed by atoms with E-state index in [9.17, 15) is 0 Å². The molecule has 2 rings (SSSR count). The molecule has 6 heteroatoms. The number of rotatable bonds is 10. The zero-order valence-corrected chi connectivity index (χ0v) is 14.4. The third-order valence-corrected chi connectivity index (χ3v) is 3.47. The van der Waals surface area contributed by atoms with Gasteiger partial charge >= 0.3 is 0 Å². The number of aliphatic imine (C=N–C) groups is 1. The minimum Gasteiger partial charge on any atom is -0.385 e. The van der Waals surface area contributed by atoms with Gasteiger partial charge in [-0.3, -0.25) is 9.67 Å². The number of aromatic nitrogens is 2. The van der Waals surface area contributed by atoms with E-state index in [0.717, 1.165) is 57.2 Å². The minimum absolute atomic E-state index is 0.789. The van der Waals surface area contributed by atoms with Gasteiger partial charge in [0.25, 0.3) is 0 Å². The number of nitrogens with one attached hydrogen (secondary N) is 3. The summed E-state index contributed by atoms with van der Waals surface area (Å²) < 4.78 is 1.94. The smallest absolute Gasteiger partial charge is 0.191 e. The van der Waals surface area contributed by atoms with Gasteiger partial charge in [-0.1, -0.05) is 18.2 Å². The lowest BCUT2D eigenvalue weighted by Gasteiger charge is -2.12. The van der Waals surface area contributed by atoms with Gasteiger partial charge in [0.1, 0.15) is 0 Å². The second-order valence-corrected chi connectivity index (χ2v) is 5.46. The Labute approximate surface area is 144 Å². The maximum absolute atomic E-state index is 4.60. The van der Waals surface area contributed by atoms with Crippen LogP contribution >= 0.6 is 0 Å². The SMILES string of the molecule is CCNC(=NCCCn1cccn1)NCCCNc1ccccc1. The lowest BCUT2D eigenvalue weighted by Crippen LogP contribution is -2.38. The molecule has 0 bridgehead atoms. The largest absolute Gasteiger partial charge is 0.385 e. The molecular weight excluding hydrogens is 300 g/mol. The van der Waals surface area contributed by atoms with Gasteiger partial charge in [0.15, 0.2) is 5.96 Å². The fraction of sp³-hybridized carbons (Fsp3) is 0.444. The average molecular weight is 328 g/mol. The fourth-order valence-electron chi connectivity index (χ4n) is 2.28. The first kappa shape index (κ1) is 17.8. The Morgan fingerprint density at radius 3 is 2.71 bits per heavy atom. The van der Waals surface area contributed by atoms with Crippen LogP contribution in [0.1, 0.15) is 19.8 Å². The van der Waals surface area contributed by atoms with Crippen LogP contribution in [0.3, 0.4) is 0 Å². The Hall–Kier alpha value is -2.50. The van der Waals surface area contributed by atoms with Crippen LogP contribution in [0.15, 0.2) is 53.8 Å². The van der Waals surface area contributed by atoms with E-state index in [0.29, 0.717) is 0 Å². The van der Waals surface area contributed by atoms with Gasteiger partial charge < -0.3 is 16.0 Å². The van der Waals surface area contributed by atoms with Crippen molar-refractivity contribution in [2.45, 2.75) is 26.3 Å². The van der Waals surface area contributed by atoms with Crippen molar-refractivity contribution in [1.29, 1.82) is 0 Å². The molecule has 3 N–H and O–H groups in total. The van der Waals surface area contributed by atoms with Crippen LogP contribution in [0.25, 0.3) is 0 Å². The second-order valence-electron chi connectivity index (χ2n) is 5.46. The number of hydrogen-bond donors (Lipinski definition) is 3. The summed E-state index contributed by atoms with van der Waals surface area (Å²) in [5.41, 5.74) is 1.16. The predicted octanol–water partition coefficient (Wildman–Crippen LogP) is 2.33. The molecule has 0 spiro atoms. The Morgan fingerprint density at radius 1 is 1.08 bits per heavy atom. The summed E-state index contributed by atoms with van der Waals surface area (Å²) in [4.78, 5) is 4.60. The summed E-state index contributed by atoms with van der Waals surface area (Å²) in [6.07, 6.45) is 5.80. The van der Waals surface area contributed by atoms with Crippen LogP contribution in [-0.4, -0.2) is 41.9 Å². The Kier molecular flexibility index (Phi) is 8.25. The van der Waals surface area contributed by atoms with E-state index < -0.39 is 0 Å². The lowest BCUT2D eigenvalue weighted by atomic mass is 10.3. The molecule has 0 aliphatic rings. The van der Waals surface area contributed by atoms with Crippen LogP contribution < -0.4 is 16.0 Å². The van der Waals surface area contributed by atoms with Crippen molar-refractivity contribution in [2.75, 3.05) is 31.5 Å². The molecule has 0 amide bonds. The normalized spacial score (nSPS) is 11.3. The van der Waals surface area contributed by atoms with E-state index in [2.05, 4.69) is 45.1 Å². The summed E-state index contributed by atoms with van der Waals surface area (Å²) in [6.45, 7) is 6.47. The molecule has 0 unspecified atom stereocenters. The molecule has 1 heterocycles. The molecule has 1 aromatic heterocycles. The minimum atomic E-state index is 0.789. The van der Waals surface area contributed by atoms with Gasteiger partial charge in [0, 0.05) is 50.8 Å². The molecule has 0 radical (unpaired) electrons. The number of para-hydroxylation sites is 1. The van der Waals surface area contributed by atoms with Crippen LogP contribution in [0.4, 0.5) is 5.69 Å². The van der Waals surface area contributed by atoms with E-state index in [1.165, 1.54) is 0 Å². The number of guanidine groups is 1. The molecule has 130 valence electrons. The molecule has 24 heavy (non-hydrogen) atoms. The zero-order valence-electron chi connectivity index (χ0n) is 14.4. The van der Waals surface area contributed by atoms with Gasteiger partial charge in [-0.05, 0) is 38.0 Å². The quantitative estimate of drug-likeness (QED) is 0.356. The molecule has 0 saturated carbocycles. The standard InChI is InChI=1S/C18H28N6/c1-2-19-18(22-13-7-15-24-16-8-14-23-24)21-12-6-11-20-17-9-4-3-5-10-17/h3-5,8-10,14,16,20H,2,6-7,11-13,15H2,1H3,(H2,19,21,22). The maximum atomic E-state index is 4.60. The van der Waals surface area contributed by atoms with E-state index in [1.807, 2.05) is 35.1 Å². The van der Waals surface area contributed by atoms with Crippen molar-refractivity contribution in [3.63, 3.8) is 0 Å². The van der Waals surface area contributed by atoms with Gasteiger partial charge in [0.05, 0.1) is 0 Å². The first-order valence-corrected chi connectivity index (χ1v) is 8.67. The molecule has 0 saturated heterocycles. The summed E-state index contributed by atoms with van der Waals surface area (Å²) in [5, 5.41) is 14.3. The molecule has 1 aromatic carbocycles. The van der Waals surface area contributed by atoms with Crippen molar-refractivity contribution in [3.8, 4) is 0 Å². The third kappa shape index (κ3) is 7.17. The molecule has 0 atom stereocenters. The third-order valence-electron chi connectivity index (χ3n) is 3.47. The van der Waals surface area contributed by atoms with Gasteiger partial charge in [-0.25, -0.2) is 0 Å². The van der Waals surface area contributed by atoms with Crippen molar-refractivity contribution >= 4 is 11.6 Å². The summed E-state index contributed by atoms with van der Waals surface area (Å²) in [5.74, 6) is 0.887. The van der Waals surface area contributed by atoms with E-state index >= 15 is 0 Å². The van der Waals surface area contributed by atoms with Crippen LogP contribution in [0.5, 0.6) is 0 Å². The van der Waals surface area contributed by atoms with Gasteiger partial charge in [-0.2, -0.15) is 5.10 Å². The lowest BCUT2D eigenvalue weighted by molar-refractivity contribution is 0.583. The van der Waals surface area contributed by atoms with Crippen LogP contribution in [-0.2, 0) is 6.54 Å². The summed E-state index contributed by atoms with van der Waals surface area (Å²) in [6, 6.07) is 12.2. The Balaban J connectivity index is 1.60. The highest BCUT2D eigenvalue weighted by Gasteiger charge is 1.97. The first-order valence-electron chi connectivity index (χ1n) is 8.67. The molecule has 0 aliphatic carbocycles. The highest BCUT2D eigenvalue weighted by Crippen LogP contribution is 2.04. The first-order chi connectivity index (χ1) is 11.9.